The Bertz CT molecular complexity index is 609. The van der Waals surface area contributed by atoms with Crippen LogP contribution < -0.4 is 4.74 Å². The number of benzene rings is 1. The summed E-state index contributed by atoms with van der Waals surface area (Å²) in [5, 5.41) is 11.0. The second kappa shape index (κ2) is 5.19. The van der Waals surface area contributed by atoms with Crippen molar-refractivity contribution >= 4 is 27.5 Å². The normalized spacial score (nSPS) is 15.1. The average Bonchev–Trinajstić information content (AvgIpc) is 2.97. The van der Waals surface area contributed by atoms with Crippen molar-refractivity contribution in [3.8, 4) is 5.75 Å². The molecule has 1 aliphatic heterocycles. The van der Waals surface area contributed by atoms with Crippen molar-refractivity contribution in [2.45, 2.75) is 18.9 Å². The molecule has 0 saturated carbocycles. The second-order valence-electron chi connectivity index (χ2n) is 4.52. The van der Waals surface area contributed by atoms with E-state index in [1.807, 2.05) is 12.1 Å². The number of fused-ring (bicyclic) bond motifs is 1. The van der Waals surface area contributed by atoms with Crippen LogP contribution in [0, 0.1) is 0 Å². The van der Waals surface area contributed by atoms with Gasteiger partial charge < -0.3 is 14.3 Å². The monoisotopic (exact) mass is 342 g/mol. The van der Waals surface area contributed by atoms with Crippen molar-refractivity contribution in [3.63, 3.8) is 0 Å². The van der Waals surface area contributed by atoms with Gasteiger partial charge in [-0.05, 0) is 45.3 Å². The van der Waals surface area contributed by atoms with Crippen molar-refractivity contribution in [2.75, 3.05) is 6.61 Å². The van der Waals surface area contributed by atoms with Crippen molar-refractivity contribution in [1.82, 2.24) is 0 Å². The Hall–Kier alpha value is -0.970. The number of furan rings is 1. The van der Waals surface area contributed by atoms with Gasteiger partial charge in [-0.25, -0.2) is 0 Å². The Kier molecular flexibility index (Phi) is 3.56. The lowest BCUT2D eigenvalue weighted by Gasteiger charge is -2.13. The number of aliphatic hydroxyl groups excluding tert-OH is 1. The maximum atomic E-state index is 10.3. The van der Waals surface area contributed by atoms with Gasteiger partial charge >= 0.3 is 0 Å². The number of hydrogen-bond donors (Lipinski definition) is 1. The predicted molar refractivity (Wildman–Crippen MR) is 75.7 cm³/mol. The molecule has 1 unspecified atom stereocenters. The molecule has 3 nitrogen and oxygen atoms in total. The summed E-state index contributed by atoms with van der Waals surface area (Å²) in [5.41, 5.74) is 2.77. The van der Waals surface area contributed by atoms with Gasteiger partial charge in [0.05, 0.1) is 19.0 Å². The highest BCUT2D eigenvalue weighted by Crippen LogP contribution is 2.36. The first kappa shape index (κ1) is 13.0. The molecule has 3 rings (SSSR count). The van der Waals surface area contributed by atoms with Crippen LogP contribution in [0.1, 0.15) is 22.8 Å². The standard InChI is InChI=1S/C14H12BrClO3/c15-14-11(2-4-19-14)12(17)7-9-6-10(16)5-8-1-3-18-13(8)9/h2,4-6,12,17H,1,3,7H2. The third-order valence-electron chi connectivity index (χ3n) is 3.24. The summed E-state index contributed by atoms with van der Waals surface area (Å²) in [5.74, 6) is 0.864. The lowest BCUT2D eigenvalue weighted by Crippen LogP contribution is -2.03. The van der Waals surface area contributed by atoms with E-state index in [0.29, 0.717) is 22.7 Å². The van der Waals surface area contributed by atoms with E-state index in [-0.39, 0.29) is 0 Å². The van der Waals surface area contributed by atoms with E-state index >= 15 is 0 Å². The van der Waals surface area contributed by atoms with Gasteiger partial charge in [0.15, 0.2) is 4.67 Å². The summed E-state index contributed by atoms with van der Waals surface area (Å²) in [6.07, 6.45) is 2.21. The molecule has 2 aromatic rings. The summed E-state index contributed by atoms with van der Waals surface area (Å²) >= 11 is 9.38. The van der Waals surface area contributed by atoms with Crippen molar-refractivity contribution < 1.29 is 14.3 Å². The first-order valence-electron chi connectivity index (χ1n) is 6.00. The van der Waals surface area contributed by atoms with Crippen LogP contribution in [-0.4, -0.2) is 11.7 Å². The molecule has 5 heteroatoms. The highest BCUT2D eigenvalue weighted by Gasteiger charge is 2.21. The lowest BCUT2D eigenvalue weighted by atomic mass is 10.0. The van der Waals surface area contributed by atoms with Crippen LogP contribution in [0.2, 0.25) is 5.02 Å². The Morgan fingerprint density at radius 1 is 1.42 bits per heavy atom. The zero-order valence-corrected chi connectivity index (χ0v) is 12.4. The Morgan fingerprint density at radius 2 is 2.26 bits per heavy atom. The summed E-state index contributed by atoms with van der Waals surface area (Å²) in [7, 11) is 0. The first-order chi connectivity index (χ1) is 9.15. The highest BCUT2D eigenvalue weighted by atomic mass is 79.9. The summed E-state index contributed by atoms with van der Waals surface area (Å²) < 4.78 is 11.3. The fraction of sp³-hybridized carbons (Fsp3) is 0.286. The molecule has 1 aromatic heterocycles. The molecule has 0 spiro atoms. The molecular weight excluding hydrogens is 332 g/mol. The molecule has 0 radical (unpaired) electrons. The minimum absolute atomic E-state index is 0.445. The van der Waals surface area contributed by atoms with E-state index < -0.39 is 6.10 Å². The van der Waals surface area contributed by atoms with Crippen LogP contribution in [0.25, 0.3) is 0 Å². The van der Waals surface area contributed by atoms with Crippen LogP contribution in [0.4, 0.5) is 0 Å². The quantitative estimate of drug-likeness (QED) is 0.919. The van der Waals surface area contributed by atoms with Gasteiger partial charge in [-0.2, -0.15) is 0 Å². The molecule has 100 valence electrons. The minimum Gasteiger partial charge on any atom is -0.493 e. The summed E-state index contributed by atoms with van der Waals surface area (Å²) in [6, 6.07) is 5.52. The van der Waals surface area contributed by atoms with Crippen LogP contribution in [-0.2, 0) is 12.8 Å². The molecule has 0 fully saturated rings. The highest BCUT2D eigenvalue weighted by molar-refractivity contribution is 9.10. The Morgan fingerprint density at radius 3 is 3.00 bits per heavy atom. The van der Waals surface area contributed by atoms with Crippen LogP contribution >= 0.6 is 27.5 Å². The molecule has 19 heavy (non-hydrogen) atoms. The largest absolute Gasteiger partial charge is 0.493 e. The molecule has 0 bridgehead atoms. The smallest absolute Gasteiger partial charge is 0.174 e. The van der Waals surface area contributed by atoms with Crippen molar-refractivity contribution in [2.24, 2.45) is 0 Å². The maximum absolute atomic E-state index is 10.3. The van der Waals surface area contributed by atoms with E-state index in [4.69, 9.17) is 20.8 Å². The molecule has 1 aromatic carbocycles. The number of ether oxygens (including phenoxy) is 1. The van der Waals surface area contributed by atoms with Crippen molar-refractivity contribution in [3.05, 3.63) is 50.8 Å². The zero-order chi connectivity index (χ0) is 13.4. The average molecular weight is 344 g/mol. The number of hydrogen-bond acceptors (Lipinski definition) is 3. The van der Waals surface area contributed by atoms with E-state index in [2.05, 4.69) is 15.9 Å². The molecule has 0 aliphatic carbocycles. The van der Waals surface area contributed by atoms with Gasteiger partial charge in [-0.1, -0.05) is 11.6 Å². The van der Waals surface area contributed by atoms with E-state index in [1.54, 1.807) is 12.3 Å². The third-order valence-corrected chi connectivity index (χ3v) is 4.11. The third kappa shape index (κ3) is 2.53. The number of aliphatic hydroxyl groups is 1. The van der Waals surface area contributed by atoms with Crippen LogP contribution in [0.15, 0.2) is 33.5 Å². The summed E-state index contributed by atoms with van der Waals surface area (Å²) in [6.45, 7) is 0.675. The van der Waals surface area contributed by atoms with E-state index in [9.17, 15) is 5.11 Å². The van der Waals surface area contributed by atoms with Gasteiger partial charge in [0, 0.05) is 23.4 Å². The molecule has 1 N–H and O–H groups in total. The van der Waals surface area contributed by atoms with Gasteiger partial charge in [0.25, 0.3) is 0 Å². The molecule has 2 heterocycles. The molecule has 0 saturated heterocycles. The predicted octanol–water partition coefficient (Wildman–Crippen LogP) is 3.91. The SMILES string of the molecule is OC(Cc1cc(Cl)cc2c1OCC2)c1ccoc1Br. The van der Waals surface area contributed by atoms with Crippen LogP contribution in [0.5, 0.6) is 5.75 Å². The van der Waals surface area contributed by atoms with E-state index in [1.165, 1.54) is 0 Å². The topological polar surface area (TPSA) is 42.6 Å². The second-order valence-corrected chi connectivity index (χ2v) is 5.68. The van der Waals surface area contributed by atoms with E-state index in [0.717, 1.165) is 28.9 Å². The van der Waals surface area contributed by atoms with Gasteiger partial charge in [-0.3, -0.25) is 0 Å². The fourth-order valence-corrected chi connectivity index (χ4v) is 3.13. The Balaban J connectivity index is 1.90. The van der Waals surface area contributed by atoms with Gasteiger partial charge in [0.1, 0.15) is 5.75 Å². The number of halogens is 2. The zero-order valence-electron chi connectivity index (χ0n) is 10.0. The Labute approximate surface area is 124 Å². The van der Waals surface area contributed by atoms with Gasteiger partial charge in [-0.15, -0.1) is 0 Å². The minimum atomic E-state index is -0.653. The fourth-order valence-electron chi connectivity index (χ4n) is 2.36. The van der Waals surface area contributed by atoms with Crippen LogP contribution in [0.3, 0.4) is 0 Å². The number of rotatable bonds is 3. The lowest BCUT2D eigenvalue weighted by molar-refractivity contribution is 0.175. The molecular formula is C14H12BrClO3. The molecule has 0 amide bonds. The van der Waals surface area contributed by atoms with Crippen molar-refractivity contribution in [1.29, 1.82) is 0 Å². The first-order valence-corrected chi connectivity index (χ1v) is 7.17. The molecule has 1 atom stereocenters. The molecule has 1 aliphatic rings. The summed E-state index contributed by atoms with van der Waals surface area (Å²) in [4.78, 5) is 0. The van der Waals surface area contributed by atoms with Gasteiger partial charge in [0.2, 0.25) is 0 Å². The maximum Gasteiger partial charge on any atom is 0.174 e.